The van der Waals surface area contributed by atoms with E-state index in [-0.39, 0.29) is 23.8 Å². The molecule has 0 aliphatic rings. The predicted octanol–water partition coefficient (Wildman–Crippen LogP) is 2.27. The van der Waals surface area contributed by atoms with E-state index in [4.69, 9.17) is 11.6 Å². The Bertz CT molecular complexity index is 831. The second-order valence-electron chi connectivity index (χ2n) is 5.07. The Kier molecular flexibility index (Phi) is 5.87. The number of halogens is 2. The smallest absolute Gasteiger partial charge is 0.239 e. The van der Waals surface area contributed by atoms with Crippen molar-refractivity contribution in [3.05, 3.63) is 59.1 Å². The summed E-state index contributed by atoms with van der Waals surface area (Å²) < 4.78 is 37.9. The van der Waals surface area contributed by atoms with Gasteiger partial charge in [-0.1, -0.05) is 17.7 Å². The zero-order chi connectivity index (χ0) is 17.7. The van der Waals surface area contributed by atoms with Gasteiger partial charge in [-0.25, -0.2) is 12.8 Å². The van der Waals surface area contributed by atoms with Crippen molar-refractivity contribution in [1.29, 1.82) is 0 Å². The van der Waals surface area contributed by atoms with Crippen LogP contribution in [0.2, 0.25) is 5.02 Å². The minimum Gasteiger partial charge on any atom is -0.325 e. The molecule has 1 amide bonds. The number of pyridine rings is 1. The lowest BCUT2D eigenvalue weighted by Crippen LogP contribution is -2.36. The van der Waals surface area contributed by atoms with Crippen LogP contribution in [-0.4, -0.2) is 36.4 Å². The molecule has 0 aliphatic heterocycles. The summed E-state index contributed by atoms with van der Waals surface area (Å²) in [7, 11) is -3.61. The summed E-state index contributed by atoms with van der Waals surface area (Å²) in [6, 6.07) is 7.09. The van der Waals surface area contributed by atoms with Gasteiger partial charge in [0.2, 0.25) is 15.9 Å². The van der Waals surface area contributed by atoms with E-state index in [0.717, 1.165) is 16.6 Å². The lowest BCUT2D eigenvalue weighted by molar-refractivity contribution is -0.116. The number of anilines is 1. The summed E-state index contributed by atoms with van der Waals surface area (Å²) in [5, 5.41) is 2.35. The third-order valence-corrected chi connectivity index (χ3v) is 4.56. The molecule has 1 heterocycles. The number of aromatic nitrogens is 1. The Morgan fingerprint density at radius 1 is 1.38 bits per heavy atom. The minimum absolute atomic E-state index is 0.0181. The molecule has 0 spiro atoms. The van der Waals surface area contributed by atoms with Crippen LogP contribution >= 0.6 is 11.6 Å². The van der Waals surface area contributed by atoms with E-state index in [1.54, 1.807) is 18.3 Å². The van der Waals surface area contributed by atoms with Crippen molar-refractivity contribution >= 4 is 33.2 Å². The van der Waals surface area contributed by atoms with Crippen molar-refractivity contribution < 1.29 is 17.6 Å². The third kappa shape index (κ3) is 5.26. The van der Waals surface area contributed by atoms with Gasteiger partial charge in [-0.3, -0.25) is 9.78 Å². The van der Waals surface area contributed by atoms with Crippen molar-refractivity contribution in [3.8, 4) is 0 Å². The normalized spacial score (nSPS) is 11.5. The number of nitrogens with one attached hydrogen (secondary N) is 1. The first-order chi connectivity index (χ1) is 11.3. The zero-order valence-electron chi connectivity index (χ0n) is 12.7. The second-order valence-corrected chi connectivity index (χ2v) is 7.46. The highest BCUT2D eigenvalue weighted by Gasteiger charge is 2.20. The van der Waals surface area contributed by atoms with Crippen molar-refractivity contribution in [2.75, 3.05) is 18.1 Å². The lowest BCUT2D eigenvalue weighted by atomic mass is 10.3. The predicted molar refractivity (Wildman–Crippen MR) is 89.5 cm³/mol. The molecule has 0 radical (unpaired) electrons. The number of carbonyl (C=O) groups excluding carboxylic acids is 1. The van der Waals surface area contributed by atoms with E-state index in [1.165, 1.54) is 18.3 Å². The van der Waals surface area contributed by atoms with Crippen LogP contribution in [0.3, 0.4) is 0 Å². The number of hydrogen-bond acceptors (Lipinski definition) is 4. The molecule has 2 rings (SSSR count). The van der Waals surface area contributed by atoms with E-state index in [9.17, 15) is 17.6 Å². The summed E-state index contributed by atoms with van der Waals surface area (Å²) in [5.41, 5.74) is 0.932. The van der Waals surface area contributed by atoms with Gasteiger partial charge in [0.1, 0.15) is 5.82 Å². The van der Waals surface area contributed by atoms with Crippen LogP contribution in [0.25, 0.3) is 0 Å². The molecule has 9 heteroatoms. The maximum Gasteiger partial charge on any atom is 0.239 e. The quantitative estimate of drug-likeness (QED) is 0.844. The molecule has 24 heavy (non-hydrogen) atoms. The monoisotopic (exact) mass is 371 g/mol. The van der Waals surface area contributed by atoms with Gasteiger partial charge in [0.05, 0.1) is 17.8 Å². The number of hydrogen-bond donors (Lipinski definition) is 1. The molecule has 1 aromatic carbocycles. The fourth-order valence-electron chi connectivity index (χ4n) is 1.92. The van der Waals surface area contributed by atoms with Gasteiger partial charge in [0, 0.05) is 24.6 Å². The maximum atomic E-state index is 13.1. The van der Waals surface area contributed by atoms with Crippen molar-refractivity contribution in [3.63, 3.8) is 0 Å². The average Bonchev–Trinajstić information content (AvgIpc) is 2.50. The highest BCUT2D eigenvalue weighted by molar-refractivity contribution is 7.88. The van der Waals surface area contributed by atoms with Gasteiger partial charge in [0.15, 0.2) is 0 Å². The van der Waals surface area contributed by atoms with Crippen molar-refractivity contribution in [2.24, 2.45) is 0 Å². The van der Waals surface area contributed by atoms with Crippen LogP contribution in [-0.2, 0) is 21.4 Å². The standard InChI is InChI=1S/C15H15ClFN3O3S/c1-24(22,23)20(9-11-3-2-6-18-8-11)10-15(21)19-12-4-5-14(17)13(16)7-12/h2-8H,9-10H2,1H3,(H,19,21). The third-order valence-electron chi connectivity index (χ3n) is 3.07. The molecule has 0 bridgehead atoms. The molecule has 0 saturated heterocycles. The molecule has 1 N–H and O–H groups in total. The Morgan fingerprint density at radius 3 is 2.71 bits per heavy atom. The number of nitrogens with zero attached hydrogens (tertiary/aromatic N) is 2. The summed E-state index contributed by atoms with van der Waals surface area (Å²) in [4.78, 5) is 16.0. The van der Waals surface area contributed by atoms with Crippen LogP contribution in [0.15, 0.2) is 42.7 Å². The topological polar surface area (TPSA) is 79.4 Å². The Morgan fingerprint density at radius 2 is 2.12 bits per heavy atom. The van der Waals surface area contributed by atoms with Gasteiger partial charge in [-0.2, -0.15) is 4.31 Å². The van der Waals surface area contributed by atoms with Gasteiger partial charge in [0.25, 0.3) is 0 Å². The summed E-state index contributed by atoms with van der Waals surface area (Å²) in [6.45, 7) is -0.368. The molecular formula is C15H15ClFN3O3S. The largest absolute Gasteiger partial charge is 0.325 e. The summed E-state index contributed by atoms with van der Waals surface area (Å²) in [5.74, 6) is -1.17. The number of sulfonamides is 1. The first-order valence-corrected chi connectivity index (χ1v) is 9.07. The molecular weight excluding hydrogens is 357 g/mol. The van der Waals surface area contributed by atoms with Crippen LogP contribution in [0, 0.1) is 5.82 Å². The van der Waals surface area contributed by atoms with Gasteiger partial charge in [-0.15, -0.1) is 0 Å². The first-order valence-electron chi connectivity index (χ1n) is 6.84. The second kappa shape index (κ2) is 7.69. The Labute approximate surface area is 144 Å². The number of carbonyl (C=O) groups is 1. The molecule has 0 fully saturated rings. The van der Waals surface area contributed by atoms with Crippen molar-refractivity contribution in [1.82, 2.24) is 9.29 Å². The Hall–Kier alpha value is -2.03. The molecule has 2 aromatic rings. The van der Waals surface area contributed by atoms with Crippen LogP contribution in [0.4, 0.5) is 10.1 Å². The Balaban J connectivity index is 2.08. The van der Waals surface area contributed by atoms with Gasteiger partial charge < -0.3 is 5.32 Å². The fraction of sp³-hybridized carbons (Fsp3) is 0.200. The first kappa shape index (κ1) is 18.3. The van der Waals surface area contributed by atoms with Crippen LogP contribution < -0.4 is 5.32 Å². The fourth-order valence-corrected chi connectivity index (χ4v) is 2.84. The molecule has 0 saturated carbocycles. The van der Waals surface area contributed by atoms with E-state index in [2.05, 4.69) is 10.3 Å². The highest BCUT2D eigenvalue weighted by Crippen LogP contribution is 2.19. The van der Waals surface area contributed by atoms with E-state index in [0.29, 0.717) is 5.56 Å². The van der Waals surface area contributed by atoms with Gasteiger partial charge in [-0.05, 0) is 29.8 Å². The van der Waals surface area contributed by atoms with Gasteiger partial charge >= 0.3 is 0 Å². The average molecular weight is 372 g/mol. The minimum atomic E-state index is -3.61. The number of benzene rings is 1. The zero-order valence-corrected chi connectivity index (χ0v) is 14.3. The molecule has 0 atom stereocenters. The van der Waals surface area contributed by atoms with E-state index >= 15 is 0 Å². The number of amides is 1. The molecule has 128 valence electrons. The van der Waals surface area contributed by atoms with E-state index in [1.807, 2.05) is 0 Å². The summed E-state index contributed by atoms with van der Waals surface area (Å²) in [6.07, 6.45) is 4.11. The number of rotatable bonds is 6. The van der Waals surface area contributed by atoms with E-state index < -0.39 is 21.7 Å². The van der Waals surface area contributed by atoms with Crippen LogP contribution in [0.5, 0.6) is 0 Å². The molecule has 0 unspecified atom stereocenters. The molecule has 1 aromatic heterocycles. The summed E-state index contributed by atoms with van der Waals surface area (Å²) >= 11 is 5.64. The SMILES string of the molecule is CS(=O)(=O)N(CC(=O)Nc1ccc(F)c(Cl)c1)Cc1cccnc1. The molecule has 0 aliphatic carbocycles. The van der Waals surface area contributed by atoms with Crippen LogP contribution in [0.1, 0.15) is 5.56 Å². The lowest BCUT2D eigenvalue weighted by Gasteiger charge is -2.19. The molecule has 6 nitrogen and oxygen atoms in total. The van der Waals surface area contributed by atoms with Crippen molar-refractivity contribution in [2.45, 2.75) is 6.54 Å². The maximum absolute atomic E-state index is 13.1. The highest BCUT2D eigenvalue weighted by atomic mass is 35.5.